The normalized spacial score (nSPS) is 29.8. The molecule has 2 aliphatic rings. The van der Waals surface area contributed by atoms with Crippen molar-refractivity contribution in [3.8, 4) is 11.8 Å². The van der Waals surface area contributed by atoms with Crippen molar-refractivity contribution in [2.75, 3.05) is 13.2 Å². The first-order valence-corrected chi connectivity index (χ1v) is 8.60. The van der Waals surface area contributed by atoms with Crippen molar-refractivity contribution in [2.24, 2.45) is 0 Å². The van der Waals surface area contributed by atoms with Crippen LogP contribution in [0.2, 0.25) is 0 Å². The molecule has 0 N–H and O–H groups in total. The molecule has 2 atom stereocenters. The highest BCUT2D eigenvalue weighted by molar-refractivity contribution is 9.11. The van der Waals surface area contributed by atoms with Crippen LogP contribution in [0.4, 0.5) is 0 Å². The van der Waals surface area contributed by atoms with Crippen LogP contribution in [0.5, 0.6) is 0 Å². The van der Waals surface area contributed by atoms with Gasteiger partial charge in [-0.05, 0) is 40.0 Å². The topological polar surface area (TPSA) is 27.7 Å². The van der Waals surface area contributed by atoms with Crippen molar-refractivity contribution in [1.29, 1.82) is 0 Å². The average molecular weight is 369 g/mol. The monoisotopic (exact) mass is 368 g/mol. The molecule has 0 amide bonds. The first-order chi connectivity index (χ1) is 10.4. The van der Waals surface area contributed by atoms with Gasteiger partial charge in [0, 0.05) is 10.9 Å². The number of allylic oxidation sites excluding steroid dienone is 1. The third kappa shape index (κ3) is 4.23. The molecule has 0 aromatic rings. The summed E-state index contributed by atoms with van der Waals surface area (Å²) in [4.78, 5) is 0. The third-order valence-electron chi connectivity index (χ3n) is 3.69. The van der Waals surface area contributed by atoms with Gasteiger partial charge in [-0.1, -0.05) is 46.0 Å². The maximum Gasteiger partial charge on any atom is 0.166 e. The van der Waals surface area contributed by atoms with Crippen LogP contribution in [0, 0.1) is 11.8 Å². The van der Waals surface area contributed by atoms with Crippen molar-refractivity contribution < 1.29 is 14.2 Å². The van der Waals surface area contributed by atoms with E-state index in [4.69, 9.17) is 14.2 Å². The maximum atomic E-state index is 6.23. The molecule has 1 heterocycles. The van der Waals surface area contributed by atoms with E-state index in [9.17, 15) is 0 Å². The SMILES string of the molecule is C=C(C)COCCC#C[C@@H]1OC(C)(C)O[C@@]12CCCC=C2Br. The Hall–Kier alpha value is -0.600. The Morgan fingerprint density at radius 2 is 2.32 bits per heavy atom. The highest BCUT2D eigenvalue weighted by atomic mass is 79.9. The van der Waals surface area contributed by atoms with Crippen LogP contribution in [0.1, 0.15) is 46.5 Å². The van der Waals surface area contributed by atoms with E-state index in [0.717, 1.165) is 29.3 Å². The van der Waals surface area contributed by atoms with Crippen LogP contribution in [-0.4, -0.2) is 30.7 Å². The Balaban J connectivity index is 2.01. The van der Waals surface area contributed by atoms with E-state index in [1.165, 1.54) is 0 Å². The summed E-state index contributed by atoms with van der Waals surface area (Å²) < 4.78 is 18.8. The molecule has 1 fully saturated rings. The van der Waals surface area contributed by atoms with Crippen LogP contribution >= 0.6 is 15.9 Å². The minimum atomic E-state index is -0.611. The minimum absolute atomic E-state index is 0.241. The number of ether oxygens (including phenoxy) is 3. The van der Waals surface area contributed by atoms with Crippen LogP contribution in [0.3, 0.4) is 0 Å². The van der Waals surface area contributed by atoms with Crippen LogP contribution in [-0.2, 0) is 14.2 Å². The number of halogens is 1. The molecule has 0 unspecified atom stereocenters. The van der Waals surface area contributed by atoms with Crippen molar-refractivity contribution >= 4 is 15.9 Å². The summed E-state index contributed by atoms with van der Waals surface area (Å²) in [6.07, 6.45) is 5.72. The molecule has 1 spiro atoms. The van der Waals surface area contributed by atoms with Gasteiger partial charge in [0.15, 0.2) is 11.9 Å². The van der Waals surface area contributed by atoms with Crippen LogP contribution < -0.4 is 0 Å². The van der Waals surface area contributed by atoms with Gasteiger partial charge in [-0.2, -0.15) is 0 Å². The standard InChI is InChI=1S/C18H25BrO3/c1-14(2)13-20-12-8-6-10-16-18(22-17(3,4)21-16)11-7-5-9-15(18)19/h9,16H,1,5,7-8,11-13H2,2-4H3/t16-,18+/m0/s1. The molecule has 0 radical (unpaired) electrons. The fourth-order valence-electron chi connectivity index (χ4n) is 2.82. The predicted octanol–water partition coefficient (Wildman–Crippen LogP) is 4.33. The predicted molar refractivity (Wildman–Crippen MR) is 91.7 cm³/mol. The van der Waals surface area contributed by atoms with Gasteiger partial charge in [-0.3, -0.25) is 0 Å². The van der Waals surface area contributed by atoms with Gasteiger partial charge in [0.2, 0.25) is 0 Å². The quantitative estimate of drug-likeness (QED) is 0.420. The number of hydrogen-bond acceptors (Lipinski definition) is 3. The Morgan fingerprint density at radius 3 is 3.00 bits per heavy atom. The molecule has 2 rings (SSSR count). The summed E-state index contributed by atoms with van der Waals surface area (Å²) in [5.74, 6) is 5.81. The van der Waals surface area contributed by atoms with Gasteiger partial charge in [-0.15, -0.1) is 0 Å². The van der Waals surface area contributed by atoms with E-state index >= 15 is 0 Å². The maximum absolute atomic E-state index is 6.23. The van der Waals surface area contributed by atoms with E-state index < -0.39 is 11.4 Å². The first-order valence-electron chi connectivity index (χ1n) is 7.80. The Kier molecular flexibility index (Phi) is 5.90. The molecular formula is C18H25BrO3. The molecule has 0 bridgehead atoms. The number of rotatable bonds is 4. The van der Waals surface area contributed by atoms with Crippen molar-refractivity contribution in [3.05, 3.63) is 22.7 Å². The highest BCUT2D eigenvalue weighted by Gasteiger charge is 2.54. The molecule has 3 nitrogen and oxygen atoms in total. The van der Waals surface area contributed by atoms with E-state index in [-0.39, 0.29) is 6.10 Å². The second-order valence-electron chi connectivity index (χ2n) is 6.41. The minimum Gasteiger partial charge on any atom is -0.376 e. The molecule has 1 aliphatic carbocycles. The zero-order valence-electron chi connectivity index (χ0n) is 13.7. The molecule has 1 aliphatic heterocycles. The van der Waals surface area contributed by atoms with Crippen molar-refractivity contribution in [1.82, 2.24) is 0 Å². The Bertz CT molecular complexity index is 512. The van der Waals surface area contributed by atoms with Crippen molar-refractivity contribution in [2.45, 2.75) is 63.9 Å². The lowest BCUT2D eigenvalue weighted by molar-refractivity contribution is -0.155. The zero-order valence-corrected chi connectivity index (χ0v) is 15.3. The summed E-state index contributed by atoms with van der Waals surface area (Å²) in [6, 6.07) is 0. The highest BCUT2D eigenvalue weighted by Crippen LogP contribution is 2.48. The molecule has 1 saturated heterocycles. The molecule has 4 heteroatoms. The molecular weight excluding hydrogens is 344 g/mol. The molecule has 0 saturated carbocycles. The smallest absolute Gasteiger partial charge is 0.166 e. The fraction of sp³-hybridized carbons (Fsp3) is 0.667. The average Bonchev–Trinajstić information content (AvgIpc) is 2.68. The van der Waals surface area contributed by atoms with E-state index in [1.54, 1.807) is 0 Å². The third-order valence-corrected chi connectivity index (χ3v) is 4.68. The Morgan fingerprint density at radius 1 is 1.55 bits per heavy atom. The van der Waals surface area contributed by atoms with Gasteiger partial charge in [0.25, 0.3) is 0 Å². The lowest BCUT2D eigenvalue weighted by Crippen LogP contribution is -2.41. The zero-order chi connectivity index (χ0) is 16.2. The summed E-state index contributed by atoms with van der Waals surface area (Å²) in [5.41, 5.74) is 0.574. The molecule has 22 heavy (non-hydrogen) atoms. The van der Waals surface area contributed by atoms with Gasteiger partial charge < -0.3 is 14.2 Å². The Labute approximate surface area is 142 Å². The molecule has 0 aromatic carbocycles. The van der Waals surface area contributed by atoms with Gasteiger partial charge in [0.1, 0.15) is 5.60 Å². The first kappa shape index (κ1) is 17.7. The summed E-state index contributed by atoms with van der Waals surface area (Å²) in [7, 11) is 0. The largest absolute Gasteiger partial charge is 0.376 e. The molecule has 122 valence electrons. The summed E-state index contributed by atoms with van der Waals surface area (Å²) in [5, 5.41) is 0. The molecule has 0 aromatic heterocycles. The summed E-state index contributed by atoms with van der Waals surface area (Å²) in [6.45, 7) is 10.9. The number of hydrogen-bond donors (Lipinski definition) is 0. The van der Waals surface area contributed by atoms with E-state index in [1.807, 2.05) is 20.8 Å². The lowest BCUT2D eigenvalue weighted by atomic mass is 9.86. The van der Waals surface area contributed by atoms with Gasteiger partial charge in [-0.25, -0.2) is 0 Å². The van der Waals surface area contributed by atoms with Gasteiger partial charge >= 0.3 is 0 Å². The van der Waals surface area contributed by atoms with Gasteiger partial charge in [0.05, 0.1) is 13.2 Å². The lowest BCUT2D eigenvalue weighted by Gasteiger charge is -2.33. The fourth-order valence-corrected chi connectivity index (χ4v) is 3.53. The van der Waals surface area contributed by atoms with E-state index in [2.05, 4.69) is 40.4 Å². The second-order valence-corrected chi connectivity index (χ2v) is 7.27. The van der Waals surface area contributed by atoms with Crippen LogP contribution in [0.25, 0.3) is 0 Å². The second kappa shape index (κ2) is 7.31. The van der Waals surface area contributed by atoms with Crippen molar-refractivity contribution in [3.63, 3.8) is 0 Å². The summed E-state index contributed by atoms with van der Waals surface area (Å²) >= 11 is 3.67. The van der Waals surface area contributed by atoms with Crippen LogP contribution in [0.15, 0.2) is 22.7 Å². The van der Waals surface area contributed by atoms with E-state index in [0.29, 0.717) is 19.6 Å².